The smallest absolute Gasteiger partial charge is 0.251 e. The van der Waals surface area contributed by atoms with Crippen molar-refractivity contribution < 1.29 is 4.79 Å². The summed E-state index contributed by atoms with van der Waals surface area (Å²) < 4.78 is 0. The molecule has 0 saturated carbocycles. The second-order valence-electron chi connectivity index (χ2n) is 3.88. The van der Waals surface area contributed by atoms with Crippen LogP contribution in [0.4, 0.5) is 0 Å². The Hall–Kier alpha value is -1.46. The summed E-state index contributed by atoms with van der Waals surface area (Å²) in [5, 5.41) is 3.45. The van der Waals surface area contributed by atoms with Crippen molar-refractivity contribution in [2.24, 2.45) is 0 Å². The van der Waals surface area contributed by atoms with E-state index in [-0.39, 0.29) is 5.91 Å². The van der Waals surface area contributed by atoms with E-state index in [1.54, 1.807) is 12.1 Å². The van der Waals surface area contributed by atoms with Crippen molar-refractivity contribution in [3.63, 3.8) is 0 Å². The van der Waals surface area contributed by atoms with Crippen molar-refractivity contribution in [2.75, 3.05) is 6.54 Å². The molecular weight excluding hydrogens is 234 g/mol. The Bertz CT molecular complexity index is 434. The van der Waals surface area contributed by atoms with Crippen LogP contribution in [0.5, 0.6) is 0 Å². The molecular formula is C14H16ClNO. The molecule has 0 aliphatic rings. The number of halogens is 1. The van der Waals surface area contributed by atoms with Gasteiger partial charge in [0.05, 0.1) is 0 Å². The number of hydrogen-bond acceptors (Lipinski definition) is 1. The fourth-order valence-electron chi connectivity index (χ4n) is 1.39. The molecule has 0 aromatic heterocycles. The number of hydrogen-bond donors (Lipinski definition) is 1. The largest absolute Gasteiger partial charge is 0.352 e. The van der Waals surface area contributed by atoms with E-state index in [1.165, 1.54) is 0 Å². The molecule has 3 heteroatoms. The van der Waals surface area contributed by atoms with Gasteiger partial charge in [-0.1, -0.05) is 17.7 Å². The molecule has 1 N–H and O–H groups in total. The highest BCUT2D eigenvalue weighted by Crippen LogP contribution is 2.16. The highest BCUT2D eigenvalue weighted by Gasteiger charge is 2.06. The molecule has 0 radical (unpaired) electrons. The number of rotatable bonds is 5. The first-order chi connectivity index (χ1) is 8.15. The lowest BCUT2D eigenvalue weighted by atomic mass is 10.1. The van der Waals surface area contributed by atoms with E-state index in [0.717, 1.165) is 24.8 Å². The van der Waals surface area contributed by atoms with Crippen LogP contribution in [0.15, 0.2) is 18.2 Å². The number of carbonyl (C=O) groups is 1. The first-order valence-corrected chi connectivity index (χ1v) is 6.00. The van der Waals surface area contributed by atoms with E-state index >= 15 is 0 Å². The van der Waals surface area contributed by atoms with E-state index in [0.29, 0.717) is 17.1 Å². The van der Waals surface area contributed by atoms with Gasteiger partial charge in [0, 0.05) is 23.6 Å². The molecule has 0 unspecified atom stereocenters. The van der Waals surface area contributed by atoms with E-state index in [2.05, 4.69) is 11.2 Å². The second kappa shape index (κ2) is 6.98. The average Bonchev–Trinajstić information content (AvgIpc) is 2.32. The third kappa shape index (κ3) is 4.50. The van der Waals surface area contributed by atoms with Gasteiger partial charge in [0.25, 0.3) is 5.91 Å². The van der Waals surface area contributed by atoms with Gasteiger partial charge in [-0.05, 0) is 37.5 Å². The maximum atomic E-state index is 11.7. The summed E-state index contributed by atoms with van der Waals surface area (Å²) in [5.74, 6) is 2.48. The first-order valence-electron chi connectivity index (χ1n) is 5.63. The molecule has 0 bridgehead atoms. The molecule has 2 nitrogen and oxygen atoms in total. The van der Waals surface area contributed by atoms with Gasteiger partial charge in [-0.25, -0.2) is 0 Å². The number of carbonyl (C=O) groups excluding carboxylic acids is 1. The number of unbranched alkanes of at least 4 members (excludes halogenated alkanes) is 2. The third-order valence-corrected chi connectivity index (χ3v) is 2.87. The lowest BCUT2D eigenvalue weighted by Crippen LogP contribution is -2.24. The Labute approximate surface area is 107 Å². The van der Waals surface area contributed by atoms with Crippen molar-refractivity contribution >= 4 is 17.5 Å². The minimum Gasteiger partial charge on any atom is -0.352 e. The molecule has 0 spiro atoms. The van der Waals surface area contributed by atoms with Gasteiger partial charge in [0.1, 0.15) is 0 Å². The lowest BCUT2D eigenvalue weighted by Gasteiger charge is -2.05. The Kier molecular flexibility index (Phi) is 5.59. The van der Waals surface area contributed by atoms with Crippen LogP contribution in [0, 0.1) is 19.3 Å². The molecule has 0 heterocycles. The van der Waals surface area contributed by atoms with Crippen LogP contribution in [0.2, 0.25) is 5.02 Å². The van der Waals surface area contributed by atoms with Crippen LogP contribution in [-0.2, 0) is 0 Å². The zero-order valence-electron chi connectivity index (χ0n) is 9.92. The Morgan fingerprint density at radius 2 is 2.24 bits per heavy atom. The summed E-state index contributed by atoms with van der Waals surface area (Å²) in [7, 11) is 0. The summed E-state index contributed by atoms with van der Waals surface area (Å²) in [6.07, 6.45) is 7.73. The van der Waals surface area contributed by atoms with Gasteiger partial charge >= 0.3 is 0 Å². The number of terminal acetylenes is 1. The first kappa shape index (κ1) is 13.6. The summed E-state index contributed by atoms with van der Waals surface area (Å²) in [4.78, 5) is 11.7. The number of amides is 1. The van der Waals surface area contributed by atoms with Gasteiger partial charge in [0.15, 0.2) is 0 Å². The highest BCUT2D eigenvalue weighted by atomic mass is 35.5. The van der Waals surface area contributed by atoms with Crippen LogP contribution in [0.1, 0.15) is 35.2 Å². The van der Waals surface area contributed by atoms with Gasteiger partial charge in [-0.3, -0.25) is 4.79 Å². The highest BCUT2D eigenvalue weighted by molar-refractivity contribution is 6.31. The Morgan fingerprint density at radius 3 is 2.88 bits per heavy atom. The summed E-state index contributed by atoms with van der Waals surface area (Å²) in [5.41, 5.74) is 1.56. The lowest BCUT2D eigenvalue weighted by molar-refractivity contribution is 0.0953. The van der Waals surface area contributed by atoms with E-state index < -0.39 is 0 Å². The zero-order chi connectivity index (χ0) is 12.7. The Morgan fingerprint density at radius 1 is 1.47 bits per heavy atom. The maximum Gasteiger partial charge on any atom is 0.251 e. The summed E-state index contributed by atoms with van der Waals surface area (Å²) >= 11 is 5.96. The third-order valence-electron chi connectivity index (χ3n) is 2.47. The molecule has 1 aromatic rings. The van der Waals surface area contributed by atoms with Crippen LogP contribution in [0.3, 0.4) is 0 Å². The molecule has 1 rings (SSSR count). The maximum absolute atomic E-state index is 11.7. The molecule has 0 atom stereocenters. The molecule has 0 aliphatic carbocycles. The fraction of sp³-hybridized carbons (Fsp3) is 0.357. The van der Waals surface area contributed by atoms with Crippen LogP contribution >= 0.6 is 11.6 Å². The Balaban J connectivity index is 2.42. The molecule has 0 saturated heterocycles. The normalized spacial score (nSPS) is 9.71. The van der Waals surface area contributed by atoms with Gasteiger partial charge in [0.2, 0.25) is 0 Å². The standard InChI is InChI=1S/C14H16ClNO/c1-3-4-5-6-9-16-14(17)12-8-7-11(2)13(15)10-12/h1,7-8,10H,4-6,9H2,2H3,(H,16,17). The molecule has 1 aromatic carbocycles. The van der Waals surface area contributed by atoms with Crippen molar-refractivity contribution in [1.82, 2.24) is 5.32 Å². The number of benzene rings is 1. The van der Waals surface area contributed by atoms with Crippen molar-refractivity contribution in [1.29, 1.82) is 0 Å². The molecule has 0 aliphatic heterocycles. The van der Waals surface area contributed by atoms with Gasteiger partial charge in [-0.2, -0.15) is 0 Å². The average molecular weight is 250 g/mol. The summed E-state index contributed by atoms with van der Waals surface area (Å²) in [6, 6.07) is 5.31. The predicted molar refractivity (Wildman–Crippen MR) is 71.2 cm³/mol. The summed E-state index contributed by atoms with van der Waals surface area (Å²) in [6.45, 7) is 2.55. The van der Waals surface area contributed by atoms with Crippen LogP contribution in [0.25, 0.3) is 0 Å². The van der Waals surface area contributed by atoms with Gasteiger partial charge < -0.3 is 5.32 Å². The van der Waals surface area contributed by atoms with E-state index in [4.69, 9.17) is 18.0 Å². The second-order valence-corrected chi connectivity index (χ2v) is 4.29. The molecule has 17 heavy (non-hydrogen) atoms. The predicted octanol–water partition coefficient (Wildman–Crippen LogP) is 3.18. The van der Waals surface area contributed by atoms with Crippen molar-refractivity contribution in [3.05, 3.63) is 34.3 Å². The molecule has 0 fully saturated rings. The fourth-order valence-corrected chi connectivity index (χ4v) is 1.57. The zero-order valence-corrected chi connectivity index (χ0v) is 10.7. The van der Waals surface area contributed by atoms with Crippen molar-refractivity contribution in [3.8, 4) is 12.3 Å². The van der Waals surface area contributed by atoms with Crippen LogP contribution in [-0.4, -0.2) is 12.5 Å². The monoisotopic (exact) mass is 249 g/mol. The van der Waals surface area contributed by atoms with E-state index in [9.17, 15) is 4.79 Å². The molecule has 90 valence electrons. The van der Waals surface area contributed by atoms with E-state index in [1.807, 2.05) is 13.0 Å². The SMILES string of the molecule is C#CCCCCNC(=O)c1ccc(C)c(Cl)c1. The van der Waals surface area contributed by atoms with Crippen LogP contribution < -0.4 is 5.32 Å². The quantitative estimate of drug-likeness (QED) is 0.630. The van der Waals surface area contributed by atoms with Crippen molar-refractivity contribution in [2.45, 2.75) is 26.2 Å². The number of nitrogens with one attached hydrogen (secondary N) is 1. The number of aryl methyl sites for hydroxylation is 1. The molecule has 1 amide bonds. The van der Waals surface area contributed by atoms with Gasteiger partial charge in [-0.15, -0.1) is 12.3 Å². The minimum atomic E-state index is -0.0902. The topological polar surface area (TPSA) is 29.1 Å². The minimum absolute atomic E-state index is 0.0902.